The molecule has 0 spiro atoms. The number of fused-ring (bicyclic) bond motifs is 1. The number of nitrogens with zero attached hydrogens (tertiary/aromatic N) is 5. The summed E-state index contributed by atoms with van der Waals surface area (Å²) < 4.78 is 10.6. The van der Waals surface area contributed by atoms with Gasteiger partial charge in [-0.1, -0.05) is 0 Å². The van der Waals surface area contributed by atoms with E-state index in [4.69, 9.17) is 10.00 Å². The van der Waals surface area contributed by atoms with Crippen molar-refractivity contribution < 1.29 is 4.74 Å². The minimum atomic E-state index is 0.411. The monoisotopic (exact) mass is 340 g/mol. The third-order valence-corrected chi connectivity index (χ3v) is 4.25. The van der Waals surface area contributed by atoms with Crippen molar-refractivity contribution in [2.24, 2.45) is 0 Å². The zero-order chi connectivity index (χ0) is 16.9. The van der Waals surface area contributed by atoms with E-state index in [2.05, 4.69) is 31.2 Å². The molecule has 3 aromatic rings. The Labute approximate surface area is 143 Å². The molecule has 0 fully saturated rings. The molecule has 0 radical (unpaired) electrons. The molecular weight excluding hydrogens is 324 g/mol. The van der Waals surface area contributed by atoms with Gasteiger partial charge in [0.1, 0.15) is 23.1 Å². The van der Waals surface area contributed by atoms with Crippen LogP contribution in [0, 0.1) is 11.3 Å². The van der Waals surface area contributed by atoms with Gasteiger partial charge in [0.05, 0.1) is 25.4 Å². The van der Waals surface area contributed by atoms with Crippen LogP contribution in [0.1, 0.15) is 18.4 Å². The lowest BCUT2D eigenvalue weighted by molar-refractivity contribution is 0.398. The maximum Gasteiger partial charge on any atom is 0.215 e. The fourth-order valence-electron chi connectivity index (χ4n) is 2.35. The molecule has 0 bridgehead atoms. The first-order chi connectivity index (χ1) is 11.7. The second-order valence-electron chi connectivity index (χ2n) is 4.90. The lowest BCUT2D eigenvalue weighted by Gasteiger charge is -2.07. The zero-order valence-electron chi connectivity index (χ0n) is 13.4. The molecule has 3 heterocycles. The van der Waals surface area contributed by atoms with Gasteiger partial charge in [-0.05, 0) is 31.0 Å². The number of methoxy groups -OCH3 is 1. The normalized spacial score (nSPS) is 10.7. The lowest BCUT2D eigenvalue weighted by Crippen LogP contribution is -2.10. The number of hydrogen-bond donors (Lipinski definition) is 1. The van der Waals surface area contributed by atoms with Gasteiger partial charge in [-0.15, -0.1) is 0 Å². The fourth-order valence-corrected chi connectivity index (χ4v) is 2.96. The molecular formula is C16H16N6OS. The molecule has 0 saturated carbocycles. The second-order valence-corrected chi connectivity index (χ2v) is 5.87. The molecule has 24 heavy (non-hydrogen) atoms. The quantitative estimate of drug-likeness (QED) is 0.690. The van der Waals surface area contributed by atoms with Crippen LogP contribution >= 0.6 is 11.9 Å². The molecule has 0 aliphatic heterocycles. The van der Waals surface area contributed by atoms with Crippen molar-refractivity contribution in [1.82, 2.24) is 24.2 Å². The van der Waals surface area contributed by atoms with Gasteiger partial charge in [0, 0.05) is 23.7 Å². The minimum Gasteiger partial charge on any atom is -0.481 e. The van der Waals surface area contributed by atoms with Gasteiger partial charge in [-0.3, -0.25) is 4.72 Å². The zero-order valence-corrected chi connectivity index (χ0v) is 14.2. The van der Waals surface area contributed by atoms with E-state index in [1.54, 1.807) is 25.6 Å². The van der Waals surface area contributed by atoms with E-state index in [0.29, 0.717) is 18.1 Å². The Kier molecular flexibility index (Phi) is 4.93. The molecule has 0 atom stereocenters. The molecule has 0 aliphatic carbocycles. The Balaban J connectivity index is 1.73. The highest BCUT2D eigenvalue weighted by Crippen LogP contribution is 2.21. The number of ether oxygens (including phenoxy) is 1. The van der Waals surface area contributed by atoms with Crippen LogP contribution in [-0.2, 0) is 13.1 Å². The number of pyridine rings is 2. The number of nitriles is 1. The molecule has 1 N–H and O–H groups in total. The van der Waals surface area contributed by atoms with Gasteiger partial charge < -0.3 is 9.30 Å². The van der Waals surface area contributed by atoms with E-state index in [1.165, 1.54) is 11.9 Å². The largest absolute Gasteiger partial charge is 0.481 e. The predicted molar refractivity (Wildman–Crippen MR) is 91.4 cm³/mol. The lowest BCUT2D eigenvalue weighted by atomic mass is 10.4. The van der Waals surface area contributed by atoms with Crippen LogP contribution in [0.4, 0.5) is 0 Å². The molecule has 8 heteroatoms. The smallest absolute Gasteiger partial charge is 0.215 e. The van der Waals surface area contributed by atoms with Crippen LogP contribution < -0.4 is 9.46 Å². The van der Waals surface area contributed by atoms with Crippen molar-refractivity contribution in [2.45, 2.75) is 24.9 Å². The van der Waals surface area contributed by atoms with Gasteiger partial charge in [0.2, 0.25) is 5.88 Å². The topological polar surface area (TPSA) is 88.7 Å². The minimum absolute atomic E-state index is 0.411. The summed E-state index contributed by atoms with van der Waals surface area (Å²) in [4.78, 5) is 13.8. The molecule has 3 rings (SSSR count). The van der Waals surface area contributed by atoms with Crippen molar-refractivity contribution in [2.75, 3.05) is 7.11 Å². The summed E-state index contributed by atoms with van der Waals surface area (Å²) in [6.07, 6.45) is 3.40. The Morgan fingerprint density at radius 1 is 1.33 bits per heavy atom. The summed E-state index contributed by atoms with van der Waals surface area (Å²) in [6, 6.07) is 7.46. The Morgan fingerprint density at radius 2 is 2.21 bits per heavy atom. The van der Waals surface area contributed by atoms with Crippen LogP contribution in [-0.4, -0.2) is 26.6 Å². The molecule has 0 aromatic carbocycles. The molecule has 0 aliphatic rings. The number of aromatic nitrogens is 4. The highest BCUT2D eigenvalue weighted by molar-refractivity contribution is 7.97. The van der Waals surface area contributed by atoms with E-state index in [1.807, 2.05) is 18.2 Å². The fraction of sp³-hybridized carbons (Fsp3) is 0.250. The maximum atomic E-state index is 8.76. The van der Waals surface area contributed by atoms with Gasteiger partial charge in [0.15, 0.2) is 0 Å². The Morgan fingerprint density at radius 3 is 2.88 bits per heavy atom. The van der Waals surface area contributed by atoms with Gasteiger partial charge in [-0.2, -0.15) is 5.26 Å². The van der Waals surface area contributed by atoms with Gasteiger partial charge in [-0.25, -0.2) is 15.0 Å². The van der Waals surface area contributed by atoms with Crippen molar-refractivity contribution in [3.8, 4) is 11.9 Å². The summed E-state index contributed by atoms with van der Waals surface area (Å²) in [5, 5.41) is 8.76. The summed E-state index contributed by atoms with van der Waals surface area (Å²) in [7, 11) is 1.60. The van der Waals surface area contributed by atoms with Crippen LogP contribution in [0.15, 0.2) is 35.5 Å². The first-order valence-corrected chi connectivity index (χ1v) is 8.21. The third kappa shape index (κ3) is 3.32. The van der Waals surface area contributed by atoms with Gasteiger partial charge >= 0.3 is 0 Å². The summed E-state index contributed by atoms with van der Waals surface area (Å²) in [6.45, 7) is 3.48. The molecule has 7 nitrogen and oxygen atoms in total. The molecule has 0 saturated heterocycles. The number of hydrogen-bond acceptors (Lipinski definition) is 7. The van der Waals surface area contributed by atoms with Crippen molar-refractivity contribution in [3.63, 3.8) is 0 Å². The first-order valence-electron chi connectivity index (χ1n) is 7.40. The van der Waals surface area contributed by atoms with E-state index in [9.17, 15) is 0 Å². The molecule has 0 unspecified atom stereocenters. The maximum absolute atomic E-state index is 8.76. The number of imidazole rings is 1. The first kappa shape index (κ1) is 16.2. The van der Waals surface area contributed by atoms with Gasteiger partial charge in [0.25, 0.3) is 0 Å². The SMILES string of the molecule is CCn1c(CNSc2ccc(C#N)nc2)nc2cnc(OC)cc21. The second kappa shape index (κ2) is 7.29. The van der Waals surface area contributed by atoms with Crippen molar-refractivity contribution in [1.29, 1.82) is 5.26 Å². The third-order valence-electron chi connectivity index (χ3n) is 3.49. The number of rotatable bonds is 6. The average Bonchev–Trinajstić information content (AvgIpc) is 2.98. The van der Waals surface area contributed by atoms with Crippen molar-refractivity contribution >= 4 is 23.0 Å². The van der Waals surface area contributed by atoms with E-state index < -0.39 is 0 Å². The standard InChI is InChI=1S/C16H16N6OS/c1-3-22-14-6-16(23-2)19-9-13(14)21-15(22)10-20-24-12-5-4-11(7-17)18-8-12/h4-6,8-9,20H,3,10H2,1-2H3. The van der Waals surface area contributed by atoms with Crippen LogP contribution in [0.25, 0.3) is 11.0 Å². The van der Waals surface area contributed by atoms with Crippen LogP contribution in [0.2, 0.25) is 0 Å². The number of aryl methyl sites for hydroxylation is 1. The van der Waals surface area contributed by atoms with E-state index in [0.717, 1.165) is 28.3 Å². The molecule has 0 amide bonds. The van der Waals surface area contributed by atoms with Crippen molar-refractivity contribution in [3.05, 3.63) is 42.1 Å². The van der Waals surface area contributed by atoms with E-state index >= 15 is 0 Å². The molecule has 3 aromatic heterocycles. The highest BCUT2D eigenvalue weighted by atomic mass is 32.2. The molecule has 122 valence electrons. The van der Waals surface area contributed by atoms with Crippen LogP contribution in [0.3, 0.4) is 0 Å². The summed E-state index contributed by atoms with van der Waals surface area (Å²) >= 11 is 1.46. The highest BCUT2D eigenvalue weighted by Gasteiger charge is 2.11. The number of nitrogens with one attached hydrogen (secondary N) is 1. The Bertz CT molecular complexity index is 884. The van der Waals surface area contributed by atoms with E-state index in [-0.39, 0.29) is 0 Å². The summed E-state index contributed by atoms with van der Waals surface area (Å²) in [5.41, 5.74) is 2.26. The average molecular weight is 340 g/mol. The predicted octanol–water partition coefficient (Wildman–Crippen LogP) is 2.52. The Hall–Kier alpha value is -2.63. The summed E-state index contributed by atoms with van der Waals surface area (Å²) in [5.74, 6) is 1.51. The van der Waals surface area contributed by atoms with Crippen LogP contribution in [0.5, 0.6) is 5.88 Å².